The van der Waals surface area contributed by atoms with Gasteiger partial charge in [-0.2, -0.15) is 5.26 Å². The summed E-state index contributed by atoms with van der Waals surface area (Å²) in [5.41, 5.74) is 2.49. The maximum absolute atomic E-state index is 12.3. The Labute approximate surface area is 161 Å². The monoisotopic (exact) mass is 378 g/mol. The lowest BCUT2D eigenvalue weighted by Gasteiger charge is -2.17. The number of esters is 1. The van der Waals surface area contributed by atoms with Crippen molar-refractivity contribution in [3.63, 3.8) is 0 Å². The Morgan fingerprint density at radius 3 is 2.64 bits per heavy atom. The number of nitrogens with zero attached hydrogens (tertiary/aromatic N) is 1. The summed E-state index contributed by atoms with van der Waals surface area (Å²) in [6.07, 6.45) is 0.0425. The summed E-state index contributed by atoms with van der Waals surface area (Å²) in [4.78, 5) is 35.8. The van der Waals surface area contributed by atoms with Crippen molar-refractivity contribution in [3.05, 3.63) is 59.2 Å². The first-order valence-electron chi connectivity index (χ1n) is 8.75. The molecule has 0 saturated heterocycles. The first kappa shape index (κ1) is 19.1. The number of nitriles is 1. The third-order valence-corrected chi connectivity index (χ3v) is 4.30. The van der Waals surface area contributed by atoms with Crippen LogP contribution >= 0.6 is 0 Å². The van der Waals surface area contributed by atoms with Crippen LogP contribution in [0.2, 0.25) is 0 Å². The quantitative estimate of drug-likeness (QED) is 0.612. The average molecular weight is 378 g/mol. The fourth-order valence-electron chi connectivity index (χ4n) is 2.75. The number of rotatable bonds is 6. The third-order valence-electron chi connectivity index (χ3n) is 4.30. The van der Waals surface area contributed by atoms with Gasteiger partial charge in [0.25, 0.3) is 0 Å². The molecule has 0 bridgehead atoms. The minimum absolute atomic E-state index is 0.0447. The molecular formula is C21H18N2O5. The maximum atomic E-state index is 12.3. The van der Waals surface area contributed by atoms with Crippen LogP contribution < -0.4 is 10.1 Å². The number of carbonyl (C=O) groups is 3. The van der Waals surface area contributed by atoms with Crippen LogP contribution in [0.5, 0.6) is 5.75 Å². The molecule has 0 aromatic heterocycles. The maximum Gasteiger partial charge on any atom is 0.347 e. The van der Waals surface area contributed by atoms with Gasteiger partial charge in [-0.3, -0.25) is 9.59 Å². The van der Waals surface area contributed by atoms with E-state index in [4.69, 9.17) is 14.7 Å². The van der Waals surface area contributed by atoms with E-state index in [1.807, 2.05) is 6.07 Å². The molecule has 3 rings (SSSR count). The van der Waals surface area contributed by atoms with E-state index < -0.39 is 18.7 Å². The molecule has 7 nitrogen and oxygen atoms in total. The molecule has 1 atom stereocenters. The smallest absolute Gasteiger partial charge is 0.347 e. The van der Waals surface area contributed by atoms with Gasteiger partial charge in [0.15, 0.2) is 18.5 Å². The van der Waals surface area contributed by atoms with Gasteiger partial charge in [-0.05, 0) is 61.4 Å². The Morgan fingerprint density at radius 2 is 1.93 bits per heavy atom. The lowest BCUT2D eigenvalue weighted by Crippen LogP contribution is -2.28. The number of nitrogens with one attached hydrogen (secondary N) is 1. The topological polar surface area (TPSA) is 105 Å². The average Bonchev–Trinajstić information content (AvgIpc) is 2.71. The van der Waals surface area contributed by atoms with Gasteiger partial charge in [0.2, 0.25) is 5.91 Å². The van der Waals surface area contributed by atoms with E-state index in [1.165, 1.54) is 6.92 Å². The Kier molecular flexibility index (Phi) is 5.70. The van der Waals surface area contributed by atoms with E-state index in [0.717, 1.165) is 5.56 Å². The van der Waals surface area contributed by atoms with E-state index in [-0.39, 0.29) is 11.7 Å². The second kappa shape index (κ2) is 8.35. The van der Waals surface area contributed by atoms with Crippen LogP contribution in [0.4, 0.5) is 5.69 Å². The number of carbonyl (C=O) groups excluding carboxylic acids is 3. The number of benzene rings is 2. The van der Waals surface area contributed by atoms with Gasteiger partial charge in [-0.25, -0.2) is 4.79 Å². The molecule has 1 aliphatic rings. The molecular weight excluding hydrogens is 360 g/mol. The van der Waals surface area contributed by atoms with Crippen molar-refractivity contribution in [2.75, 3.05) is 11.9 Å². The number of ether oxygens (including phenoxy) is 2. The van der Waals surface area contributed by atoms with Crippen LogP contribution in [0.25, 0.3) is 0 Å². The molecule has 7 heteroatoms. The first-order chi connectivity index (χ1) is 13.5. The van der Waals surface area contributed by atoms with Crippen LogP contribution in [0, 0.1) is 11.3 Å². The highest BCUT2D eigenvalue weighted by Crippen LogP contribution is 2.23. The summed E-state index contributed by atoms with van der Waals surface area (Å²) in [5, 5.41) is 11.5. The SMILES string of the molecule is C[C@@H](Oc1ccc(C#N)cc1)C(=O)OCC(=O)c1ccc2c(c1)CCC(=O)N2. The van der Waals surface area contributed by atoms with Gasteiger partial charge in [0.05, 0.1) is 11.6 Å². The molecule has 0 spiro atoms. The number of anilines is 1. The van der Waals surface area contributed by atoms with Crippen molar-refractivity contribution in [2.24, 2.45) is 0 Å². The third kappa shape index (κ3) is 4.54. The van der Waals surface area contributed by atoms with Gasteiger partial charge in [-0.1, -0.05) is 0 Å². The molecule has 0 aliphatic carbocycles. The Bertz CT molecular complexity index is 960. The van der Waals surface area contributed by atoms with Crippen molar-refractivity contribution in [3.8, 4) is 11.8 Å². The minimum atomic E-state index is -0.903. The standard InChI is InChI=1S/C21H18N2O5/c1-13(28-17-6-2-14(11-22)3-7-17)21(26)27-12-19(24)16-4-8-18-15(10-16)5-9-20(25)23-18/h2-4,6-8,10,13H,5,9,12H2,1H3,(H,23,25)/t13-/m1/s1. The van der Waals surface area contributed by atoms with Crippen LogP contribution in [-0.4, -0.2) is 30.4 Å². The van der Waals surface area contributed by atoms with Crippen LogP contribution in [-0.2, 0) is 20.7 Å². The van der Waals surface area contributed by atoms with Crippen molar-refractivity contribution in [1.29, 1.82) is 5.26 Å². The number of aryl methyl sites for hydroxylation is 1. The molecule has 0 radical (unpaired) electrons. The van der Waals surface area contributed by atoms with Gasteiger partial charge in [0, 0.05) is 17.7 Å². The Morgan fingerprint density at radius 1 is 1.18 bits per heavy atom. The van der Waals surface area contributed by atoms with E-state index in [2.05, 4.69) is 5.32 Å². The molecule has 1 aliphatic heterocycles. The summed E-state index contributed by atoms with van der Waals surface area (Å²) >= 11 is 0. The predicted molar refractivity (Wildman–Crippen MR) is 99.9 cm³/mol. The lowest BCUT2D eigenvalue weighted by molar-refractivity contribution is -0.149. The van der Waals surface area contributed by atoms with Gasteiger partial charge in [0.1, 0.15) is 5.75 Å². The molecule has 1 heterocycles. The summed E-state index contributed by atoms with van der Waals surface area (Å²) < 4.78 is 10.5. The zero-order valence-electron chi connectivity index (χ0n) is 15.2. The number of ketones is 1. The number of hydrogen-bond acceptors (Lipinski definition) is 6. The normalized spacial score (nSPS) is 13.5. The predicted octanol–water partition coefficient (Wildman–Crippen LogP) is 2.64. The fourth-order valence-corrected chi connectivity index (χ4v) is 2.75. The highest BCUT2D eigenvalue weighted by atomic mass is 16.6. The Hall–Kier alpha value is -3.66. The Balaban J connectivity index is 1.54. The summed E-state index contributed by atoms with van der Waals surface area (Å²) in [5.74, 6) is -0.621. The van der Waals surface area contributed by atoms with Crippen molar-refractivity contribution in [1.82, 2.24) is 0 Å². The second-order valence-electron chi connectivity index (χ2n) is 6.35. The molecule has 1 amide bonds. The number of amides is 1. The molecule has 2 aromatic rings. The molecule has 0 fully saturated rings. The summed E-state index contributed by atoms with van der Waals surface area (Å²) in [7, 11) is 0. The lowest BCUT2D eigenvalue weighted by atomic mass is 9.99. The highest BCUT2D eigenvalue weighted by Gasteiger charge is 2.20. The zero-order chi connectivity index (χ0) is 20.1. The van der Waals surface area contributed by atoms with Crippen molar-refractivity contribution >= 4 is 23.3 Å². The number of fused-ring (bicyclic) bond motifs is 1. The first-order valence-corrected chi connectivity index (χ1v) is 8.75. The van der Waals surface area contributed by atoms with Gasteiger partial charge >= 0.3 is 5.97 Å². The van der Waals surface area contributed by atoms with Crippen LogP contribution in [0.3, 0.4) is 0 Å². The van der Waals surface area contributed by atoms with Gasteiger partial charge in [-0.15, -0.1) is 0 Å². The molecule has 0 unspecified atom stereocenters. The molecule has 2 aromatic carbocycles. The zero-order valence-corrected chi connectivity index (χ0v) is 15.2. The number of Topliss-reactive ketones (excluding diaryl/α,β-unsaturated/α-hetero) is 1. The van der Waals surface area contributed by atoms with Crippen LogP contribution in [0.1, 0.15) is 34.8 Å². The molecule has 142 valence electrons. The second-order valence-corrected chi connectivity index (χ2v) is 6.35. The van der Waals surface area contributed by atoms with Gasteiger partial charge < -0.3 is 14.8 Å². The van der Waals surface area contributed by atoms with Crippen LogP contribution in [0.15, 0.2) is 42.5 Å². The van der Waals surface area contributed by atoms with Crippen molar-refractivity contribution < 1.29 is 23.9 Å². The minimum Gasteiger partial charge on any atom is -0.479 e. The highest BCUT2D eigenvalue weighted by molar-refractivity contribution is 6.00. The molecule has 0 saturated carbocycles. The fraction of sp³-hybridized carbons (Fsp3) is 0.238. The van der Waals surface area contributed by atoms with Crippen molar-refractivity contribution in [2.45, 2.75) is 25.9 Å². The van der Waals surface area contributed by atoms with E-state index in [1.54, 1.807) is 42.5 Å². The van der Waals surface area contributed by atoms with E-state index in [9.17, 15) is 14.4 Å². The van der Waals surface area contributed by atoms with E-state index >= 15 is 0 Å². The summed E-state index contributed by atoms with van der Waals surface area (Å²) in [6.45, 7) is 1.12. The number of hydrogen-bond donors (Lipinski definition) is 1. The largest absolute Gasteiger partial charge is 0.479 e. The van der Waals surface area contributed by atoms with E-state index in [0.29, 0.717) is 35.4 Å². The molecule has 28 heavy (non-hydrogen) atoms. The molecule has 1 N–H and O–H groups in total. The summed E-state index contributed by atoms with van der Waals surface area (Å²) in [6, 6.07) is 13.3.